The highest BCUT2D eigenvalue weighted by molar-refractivity contribution is 9.10. The molecule has 0 spiro atoms. The molecule has 0 N–H and O–H groups in total. The molecule has 0 aromatic carbocycles. The zero-order chi connectivity index (χ0) is 11.5. The van der Waals surface area contributed by atoms with Gasteiger partial charge < -0.3 is 0 Å². The summed E-state index contributed by atoms with van der Waals surface area (Å²) in [5.41, 5.74) is 0. The van der Waals surface area contributed by atoms with E-state index >= 15 is 0 Å². The minimum absolute atomic E-state index is 0.0171. The van der Waals surface area contributed by atoms with Crippen LogP contribution in [0.3, 0.4) is 0 Å². The van der Waals surface area contributed by atoms with Gasteiger partial charge in [0.1, 0.15) is 4.32 Å². The van der Waals surface area contributed by atoms with Crippen LogP contribution in [0.4, 0.5) is 0 Å². The largest absolute Gasteiger partial charge is 0.281 e. The highest BCUT2D eigenvalue weighted by atomic mass is 79.9. The number of amides is 2. The summed E-state index contributed by atoms with van der Waals surface area (Å²) >= 11 is 3.60. The first-order valence-electron chi connectivity index (χ1n) is 5.83. The summed E-state index contributed by atoms with van der Waals surface area (Å²) in [6.07, 6.45) is 6.29. The van der Waals surface area contributed by atoms with Crippen molar-refractivity contribution in [2.24, 2.45) is 17.8 Å². The van der Waals surface area contributed by atoms with E-state index in [9.17, 15) is 9.59 Å². The van der Waals surface area contributed by atoms with Crippen molar-refractivity contribution < 1.29 is 9.59 Å². The van der Waals surface area contributed by atoms with Gasteiger partial charge in [0, 0.05) is 12.5 Å². The lowest BCUT2D eigenvalue weighted by Crippen LogP contribution is -2.51. The molecule has 1 heterocycles. The summed E-state index contributed by atoms with van der Waals surface area (Å²) in [5.74, 6) is 0.268. The van der Waals surface area contributed by atoms with Crippen molar-refractivity contribution in [3.05, 3.63) is 12.2 Å². The van der Waals surface area contributed by atoms with E-state index in [0.29, 0.717) is 6.54 Å². The van der Waals surface area contributed by atoms with Crippen molar-refractivity contribution in [3.8, 4) is 0 Å². The Kier molecular flexibility index (Phi) is 2.09. The third-order valence-corrected chi connectivity index (χ3v) is 5.66. The van der Waals surface area contributed by atoms with E-state index in [0.717, 1.165) is 12.8 Å². The van der Waals surface area contributed by atoms with Crippen LogP contribution in [-0.2, 0) is 9.59 Å². The van der Waals surface area contributed by atoms with Crippen LogP contribution in [-0.4, -0.2) is 27.6 Å². The number of allylic oxidation sites excluding steroid dienone is 2. The number of nitrogens with zero attached hydrogens (tertiary/aromatic N) is 1. The molecule has 1 aliphatic heterocycles. The molecular weight excluding hydrogens is 270 g/mol. The second-order valence-corrected chi connectivity index (χ2v) is 6.18. The van der Waals surface area contributed by atoms with Crippen LogP contribution >= 0.6 is 15.9 Å². The fourth-order valence-electron chi connectivity index (χ4n) is 3.44. The number of hydrogen-bond acceptors (Lipinski definition) is 2. The average molecular weight is 284 g/mol. The maximum Gasteiger partial charge on any atom is 0.247 e. The Morgan fingerprint density at radius 3 is 2.69 bits per heavy atom. The molecule has 2 fully saturated rings. The Hall–Kier alpha value is -0.640. The molecule has 2 bridgehead atoms. The van der Waals surface area contributed by atoms with Crippen molar-refractivity contribution in [3.63, 3.8) is 0 Å². The van der Waals surface area contributed by atoms with E-state index in [1.807, 2.05) is 6.92 Å². The molecule has 3 aliphatic carbocycles. The van der Waals surface area contributed by atoms with Crippen molar-refractivity contribution in [1.29, 1.82) is 0 Å². The first-order chi connectivity index (χ1) is 7.60. The molecular formula is C12H14BrNO2. The van der Waals surface area contributed by atoms with Crippen LogP contribution < -0.4 is 0 Å². The second kappa shape index (κ2) is 3.19. The van der Waals surface area contributed by atoms with Gasteiger partial charge in [0.15, 0.2) is 0 Å². The van der Waals surface area contributed by atoms with Crippen LogP contribution in [0.15, 0.2) is 12.2 Å². The molecule has 1 saturated carbocycles. The summed E-state index contributed by atoms with van der Waals surface area (Å²) in [6, 6.07) is 0. The molecule has 4 heteroatoms. The van der Waals surface area contributed by atoms with E-state index in [2.05, 4.69) is 28.1 Å². The summed E-state index contributed by atoms with van der Waals surface area (Å²) in [7, 11) is 0. The first-order valence-corrected chi connectivity index (χ1v) is 6.63. The van der Waals surface area contributed by atoms with Crippen molar-refractivity contribution in [2.45, 2.75) is 24.1 Å². The highest BCUT2D eigenvalue weighted by Crippen LogP contribution is 2.56. The number of likely N-dealkylation sites (tertiary alicyclic amines) is 1. The number of carbonyl (C=O) groups excluding carboxylic acids is 2. The summed E-state index contributed by atoms with van der Waals surface area (Å²) in [4.78, 5) is 25.9. The van der Waals surface area contributed by atoms with Crippen LogP contribution in [0.2, 0.25) is 0 Å². The summed E-state index contributed by atoms with van der Waals surface area (Å²) < 4.78 is -0.627. The number of rotatable bonds is 1. The van der Waals surface area contributed by atoms with Crippen LogP contribution in [0.1, 0.15) is 19.8 Å². The van der Waals surface area contributed by atoms with Gasteiger partial charge in [0.05, 0.1) is 5.92 Å². The molecule has 4 atom stereocenters. The van der Waals surface area contributed by atoms with E-state index in [4.69, 9.17) is 0 Å². The van der Waals surface area contributed by atoms with Gasteiger partial charge in [-0.15, -0.1) is 0 Å². The molecule has 16 heavy (non-hydrogen) atoms. The molecule has 0 radical (unpaired) electrons. The minimum Gasteiger partial charge on any atom is -0.281 e. The molecule has 2 amide bonds. The number of fused-ring (bicyclic) bond motifs is 1. The molecule has 86 valence electrons. The predicted octanol–water partition coefficient (Wildman–Crippen LogP) is 1.72. The zero-order valence-corrected chi connectivity index (χ0v) is 10.7. The summed E-state index contributed by atoms with van der Waals surface area (Å²) in [5, 5.41) is 0. The van der Waals surface area contributed by atoms with Crippen LogP contribution in [0, 0.1) is 17.8 Å². The van der Waals surface area contributed by atoms with Crippen molar-refractivity contribution in [1.82, 2.24) is 4.90 Å². The zero-order valence-electron chi connectivity index (χ0n) is 9.15. The predicted molar refractivity (Wildman–Crippen MR) is 62.9 cm³/mol. The van der Waals surface area contributed by atoms with E-state index < -0.39 is 4.32 Å². The Morgan fingerprint density at radius 1 is 1.44 bits per heavy atom. The first kappa shape index (κ1) is 10.5. The standard InChI is InChI=1S/C12H14BrNO2/c1-2-14-10(15)9-7-3-5-8(6-4-7)12(9,13)11(14)16/h3,5,7-9H,2,4,6H2,1H3/t7-,8+,9+,12-/m0/s1. The third kappa shape index (κ3) is 0.992. The number of halogens is 1. The van der Waals surface area contributed by atoms with Crippen molar-refractivity contribution in [2.75, 3.05) is 6.54 Å². The Morgan fingerprint density at radius 2 is 2.19 bits per heavy atom. The topological polar surface area (TPSA) is 37.4 Å². The van der Waals surface area contributed by atoms with Gasteiger partial charge in [0.25, 0.3) is 0 Å². The number of alkyl halides is 1. The molecule has 4 aliphatic rings. The maximum absolute atomic E-state index is 12.3. The lowest BCUT2D eigenvalue weighted by Gasteiger charge is -2.44. The number of imide groups is 1. The highest BCUT2D eigenvalue weighted by Gasteiger charge is 2.65. The Labute approximate surface area is 103 Å². The van der Waals surface area contributed by atoms with E-state index in [1.165, 1.54) is 4.90 Å². The Balaban J connectivity index is 2.12. The van der Waals surface area contributed by atoms with E-state index in [-0.39, 0.29) is 29.6 Å². The van der Waals surface area contributed by atoms with Crippen LogP contribution in [0.25, 0.3) is 0 Å². The minimum atomic E-state index is -0.627. The van der Waals surface area contributed by atoms with Gasteiger partial charge in [-0.3, -0.25) is 14.5 Å². The van der Waals surface area contributed by atoms with Gasteiger partial charge in [-0.2, -0.15) is 0 Å². The van der Waals surface area contributed by atoms with E-state index in [1.54, 1.807) is 0 Å². The quantitative estimate of drug-likeness (QED) is 0.418. The van der Waals surface area contributed by atoms with Gasteiger partial charge in [-0.1, -0.05) is 28.1 Å². The van der Waals surface area contributed by atoms with Crippen LogP contribution in [0.5, 0.6) is 0 Å². The molecule has 1 saturated heterocycles. The van der Waals surface area contributed by atoms with Gasteiger partial charge in [-0.25, -0.2) is 0 Å². The van der Waals surface area contributed by atoms with Gasteiger partial charge in [-0.05, 0) is 25.7 Å². The fourth-order valence-corrected chi connectivity index (χ4v) is 4.57. The molecule has 3 nitrogen and oxygen atoms in total. The SMILES string of the molecule is CCN1C(=O)[C@H]2[C@H]3C=C[C@H](CC3)[C@@]2(Br)C1=O. The third-order valence-electron chi connectivity index (χ3n) is 4.24. The summed E-state index contributed by atoms with van der Waals surface area (Å²) in [6.45, 7) is 2.35. The molecule has 4 rings (SSSR count). The normalized spacial score (nSPS) is 45.4. The molecule has 0 unspecified atom stereocenters. The van der Waals surface area contributed by atoms with Gasteiger partial charge in [0.2, 0.25) is 11.8 Å². The lowest BCUT2D eigenvalue weighted by molar-refractivity contribution is -0.139. The van der Waals surface area contributed by atoms with Gasteiger partial charge >= 0.3 is 0 Å². The second-order valence-electron chi connectivity index (χ2n) is 4.87. The maximum atomic E-state index is 12.3. The molecule has 0 aromatic rings. The smallest absolute Gasteiger partial charge is 0.247 e. The number of hydrogen-bond donors (Lipinski definition) is 0. The van der Waals surface area contributed by atoms with Crippen molar-refractivity contribution >= 4 is 27.7 Å². The molecule has 0 aromatic heterocycles. The average Bonchev–Trinajstić information content (AvgIpc) is 2.51. The fraction of sp³-hybridized carbons (Fsp3) is 0.667. The Bertz CT molecular complexity index is 406. The number of carbonyl (C=O) groups is 2. The monoisotopic (exact) mass is 283 g/mol. The lowest BCUT2D eigenvalue weighted by atomic mass is 9.63.